The standard InChI is InChI=1S/C11H14N4/c1-9-2-4-10(5-3-9)6-12-7-11-13-8-14-15-11/h2-5,8,12H,6-7H2,1H3,(H,13,14,15). The molecule has 0 aliphatic carbocycles. The molecule has 0 fully saturated rings. The van der Waals surface area contributed by atoms with Crippen molar-refractivity contribution in [2.75, 3.05) is 0 Å². The zero-order chi connectivity index (χ0) is 10.5. The summed E-state index contributed by atoms with van der Waals surface area (Å²) in [4.78, 5) is 4.03. The van der Waals surface area contributed by atoms with Gasteiger partial charge in [0.15, 0.2) is 0 Å². The van der Waals surface area contributed by atoms with E-state index in [0.29, 0.717) is 6.54 Å². The zero-order valence-electron chi connectivity index (χ0n) is 8.70. The van der Waals surface area contributed by atoms with E-state index in [0.717, 1.165) is 12.4 Å². The summed E-state index contributed by atoms with van der Waals surface area (Å²) >= 11 is 0. The van der Waals surface area contributed by atoms with Crippen LogP contribution >= 0.6 is 0 Å². The van der Waals surface area contributed by atoms with Gasteiger partial charge in [-0.15, -0.1) is 0 Å². The Hall–Kier alpha value is -1.68. The molecule has 0 unspecified atom stereocenters. The number of hydrogen-bond acceptors (Lipinski definition) is 3. The van der Waals surface area contributed by atoms with Gasteiger partial charge in [0, 0.05) is 6.54 Å². The first-order valence-corrected chi connectivity index (χ1v) is 4.95. The van der Waals surface area contributed by atoms with Crippen LogP contribution in [-0.4, -0.2) is 15.2 Å². The number of rotatable bonds is 4. The van der Waals surface area contributed by atoms with Gasteiger partial charge in [-0.2, -0.15) is 5.10 Å². The highest BCUT2D eigenvalue weighted by atomic mass is 15.2. The summed E-state index contributed by atoms with van der Waals surface area (Å²) in [5.74, 6) is 0.863. The molecule has 0 aliphatic rings. The maximum atomic E-state index is 4.03. The Bertz CT molecular complexity index is 391. The van der Waals surface area contributed by atoms with Crippen LogP contribution in [0, 0.1) is 6.92 Å². The van der Waals surface area contributed by atoms with E-state index in [2.05, 4.69) is 51.7 Å². The smallest absolute Gasteiger partial charge is 0.138 e. The molecule has 0 saturated heterocycles. The highest BCUT2D eigenvalue weighted by molar-refractivity contribution is 5.21. The highest BCUT2D eigenvalue weighted by Crippen LogP contribution is 2.02. The first-order chi connectivity index (χ1) is 7.34. The molecule has 0 radical (unpaired) electrons. The molecule has 0 amide bonds. The summed E-state index contributed by atoms with van der Waals surface area (Å²) in [5, 5.41) is 9.88. The van der Waals surface area contributed by atoms with Crippen molar-refractivity contribution < 1.29 is 0 Å². The molecule has 2 aromatic rings. The number of aromatic amines is 1. The Labute approximate surface area is 88.8 Å². The van der Waals surface area contributed by atoms with Crippen LogP contribution in [0.5, 0.6) is 0 Å². The van der Waals surface area contributed by atoms with Gasteiger partial charge in [0.05, 0.1) is 6.54 Å². The molecule has 1 heterocycles. The third kappa shape index (κ3) is 2.89. The molecule has 0 atom stereocenters. The molecule has 4 nitrogen and oxygen atoms in total. The van der Waals surface area contributed by atoms with Gasteiger partial charge in [-0.05, 0) is 12.5 Å². The van der Waals surface area contributed by atoms with Gasteiger partial charge in [-0.1, -0.05) is 29.8 Å². The van der Waals surface area contributed by atoms with Crippen LogP contribution in [0.2, 0.25) is 0 Å². The van der Waals surface area contributed by atoms with Crippen molar-refractivity contribution in [1.82, 2.24) is 20.5 Å². The third-order valence-electron chi connectivity index (χ3n) is 2.21. The van der Waals surface area contributed by atoms with Crippen LogP contribution in [0.4, 0.5) is 0 Å². The Morgan fingerprint density at radius 1 is 1.20 bits per heavy atom. The summed E-state index contributed by atoms with van der Waals surface area (Å²) < 4.78 is 0. The van der Waals surface area contributed by atoms with E-state index in [4.69, 9.17) is 0 Å². The average Bonchev–Trinajstić information content (AvgIpc) is 2.74. The average molecular weight is 202 g/mol. The fraction of sp³-hybridized carbons (Fsp3) is 0.273. The molecule has 2 rings (SSSR count). The predicted octanol–water partition coefficient (Wildman–Crippen LogP) is 1.40. The summed E-state index contributed by atoms with van der Waals surface area (Å²) in [6.45, 7) is 3.65. The predicted molar refractivity (Wildman–Crippen MR) is 58.1 cm³/mol. The molecular formula is C11H14N4. The fourth-order valence-corrected chi connectivity index (χ4v) is 1.35. The number of nitrogens with one attached hydrogen (secondary N) is 2. The van der Waals surface area contributed by atoms with Crippen molar-refractivity contribution in [3.8, 4) is 0 Å². The normalized spacial score (nSPS) is 10.5. The van der Waals surface area contributed by atoms with E-state index < -0.39 is 0 Å². The molecule has 4 heteroatoms. The summed E-state index contributed by atoms with van der Waals surface area (Å²) in [6, 6.07) is 8.49. The molecule has 0 spiro atoms. The van der Waals surface area contributed by atoms with Gasteiger partial charge in [-0.25, -0.2) is 4.98 Å². The lowest BCUT2D eigenvalue weighted by atomic mass is 10.1. The number of benzene rings is 1. The fourth-order valence-electron chi connectivity index (χ4n) is 1.35. The summed E-state index contributed by atoms with van der Waals surface area (Å²) in [6.07, 6.45) is 1.52. The second kappa shape index (κ2) is 4.70. The van der Waals surface area contributed by atoms with Crippen molar-refractivity contribution in [3.05, 3.63) is 47.5 Å². The second-order valence-corrected chi connectivity index (χ2v) is 3.52. The van der Waals surface area contributed by atoms with Gasteiger partial charge in [0.2, 0.25) is 0 Å². The third-order valence-corrected chi connectivity index (χ3v) is 2.21. The molecule has 1 aromatic heterocycles. The van der Waals surface area contributed by atoms with E-state index in [1.165, 1.54) is 17.5 Å². The monoisotopic (exact) mass is 202 g/mol. The van der Waals surface area contributed by atoms with Gasteiger partial charge < -0.3 is 5.32 Å². The van der Waals surface area contributed by atoms with Crippen molar-refractivity contribution >= 4 is 0 Å². The Balaban J connectivity index is 1.81. The van der Waals surface area contributed by atoms with Crippen LogP contribution < -0.4 is 5.32 Å². The van der Waals surface area contributed by atoms with Crippen LogP contribution in [-0.2, 0) is 13.1 Å². The minimum atomic E-state index is 0.716. The maximum absolute atomic E-state index is 4.03. The first-order valence-electron chi connectivity index (χ1n) is 4.95. The molecule has 0 saturated carbocycles. The molecule has 1 aromatic carbocycles. The van der Waals surface area contributed by atoms with Gasteiger partial charge in [0.25, 0.3) is 0 Å². The quantitative estimate of drug-likeness (QED) is 0.788. The van der Waals surface area contributed by atoms with E-state index in [1.807, 2.05) is 0 Å². The van der Waals surface area contributed by atoms with E-state index in [9.17, 15) is 0 Å². The highest BCUT2D eigenvalue weighted by Gasteiger charge is 1.95. The zero-order valence-corrected chi connectivity index (χ0v) is 8.70. The minimum Gasteiger partial charge on any atom is -0.306 e. The number of hydrogen-bond donors (Lipinski definition) is 2. The summed E-state index contributed by atoms with van der Waals surface area (Å²) in [5.41, 5.74) is 2.56. The minimum absolute atomic E-state index is 0.716. The SMILES string of the molecule is Cc1ccc(CNCc2ncn[nH]2)cc1. The second-order valence-electron chi connectivity index (χ2n) is 3.52. The topological polar surface area (TPSA) is 53.6 Å². The van der Waals surface area contributed by atoms with Crippen LogP contribution in [0.1, 0.15) is 17.0 Å². The largest absolute Gasteiger partial charge is 0.306 e. The Morgan fingerprint density at radius 2 is 2.00 bits per heavy atom. The number of aromatic nitrogens is 3. The van der Waals surface area contributed by atoms with Gasteiger partial charge in [0.1, 0.15) is 12.2 Å². The number of aryl methyl sites for hydroxylation is 1. The van der Waals surface area contributed by atoms with Crippen molar-refractivity contribution in [2.45, 2.75) is 20.0 Å². The molecule has 78 valence electrons. The van der Waals surface area contributed by atoms with Crippen LogP contribution in [0.25, 0.3) is 0 Å². The number of H-pyrrole nitrogens is 1. The van der Waals surface area contributed by atoms with Crippen LogP contribution in [0.15, 0.2) is 30.6 Å². The Kier molecular flexibility index (Phi) is 3.09. The van der Waals surface area contributed by atoms with E-state index >= 15 is 0 Å². The van der Waals surface area contributed by atoms with E-state index in [1.54, 1.807) is 0 Å². The first kappa shape index (κ1) is 9.86. The molecule has 0 aliphatic heterocycles. The maximum Gasteiger partial charge on any atom is 0.138 e. The van der Waals surface area contributed by atoms with Gasteiger partial charge >= 0.3 is 0 Å². The molecular weight excluding hydrogens is 188 g/mol. The lowest BCUT2D eigenvalue weighted by molar-refractivity contribution is 0.665. The van der Waals surface area contributed by atoms with Gasteiger partial charge in [-0.3, -0.25) is 5.10 Å². The van der Waals surface area contributed by atoms with Crippen molar-refractivity contribution in [1.29, 1.82) is 0 Å². The lowest BCUT2D eigenvalue weighted by Gasteiger charge is -2.02. The van der Waals surface area contributed by atoms with Crippen molar-refractivity contribution in [2.24, 2.45) is 0 Å². The van der Waals surface area contributed by atoms with E-state index in [-0.39, 0.29) is 0 Å². The van der Waals surface area contributed by atoms with Crippen molar-refractivity contribution in [3.63, 3.8) is 0 Å². The lowest BCUT2D eigenvalue weighted by Crippen LogP contribution is -2.13. The number of nitrogens with zero attached hydrogens (tertiary/aromatic N) is 2. The molecule has 15 heavy (non-hydrogen) atoms. The van der Waals surface area contributed by atoms with Crippen LogP contribution in [0.3, 0.4) is 0 Å². The Morgan fingerprint density at radius 3 is 2.67 bits per heavy atom. The molecule has 2 N–H and O–H groups in total. The summed E-state index contributed by atoms with van der Waals surface area (Å²) in [7, 11) is 0. The molecule has 0 bridgehead atoms.